The fourth-order valence-electron chi connectivity index (χ4n) is 1.40. The molecule has 0 aromatic carbocycles. The lowest BCUT2D eigenvalue weighted by Gasteiger charge is -2.00. The maximum Gasteiger partial charge on any atom is 0.153 e. The maximum absolute atomic E-state index is 10.6. The Hall–Kier alpha value is -1.15. The number of hydrogen-bond acceptors (Lipinski definition) is 2. The first-order valence-electron chi connectivity index (χ1n) is 6.13. The van der Waals surface area contributed by atoms with Crippen LogP contribution in [-0.2, 0) is 0 Å². The van der Waals surface area contributed by atoms with E-state index in [1.54, 1.807) is 6.07 Å². The molecule has 0 amide bonds. The highest BCUT2D eigenvalue weighted by molar-refractivity contribution is 6.31. The minimum absolute atomic E-state index is 0.292. The summed E-state index contributed by atoms with van der Waals surface area (Å²) in [7, 11) is 0. The molecule has 1 aromatic rings. The SMILES string of the molecule is CC.CC.O=Cc1cc2c(nc1Cl)=CCCC=2. The Morgan fingerprint density at radius 1 is 1.18 bits per heavy atom. The van der Waals surface area contributed by atoms with Crippen molar-refractivity contribution in [1.82, 2.24) is 4.98 Å². The van der Waals surface area contributed by atoms with Crippen molar-refractivity contribution in [1.29, 1.82) is 0 Å². The quantitative estimate of drug-likeness (QED) is 0.569. The topological polar surface area (TPSA) is 30.0 Å². The number of nitrogens with zero attached hydrogens (tertiary/aromatic N) is 1. The molecule has 17 heavy (non-hydrogen) atoms. The van der Waals surface area contributed by atoms with E-state index in [-0.39, 0.29) is 0 Å². The van der Waals surface area contributed by atoms with Crippen molar-refractivity contribution in [3.8, 4) is 0 Å². The van der Waals surface area contributed by atoms with Crippen LogP contribution in [0.1, 0.15) is 50.9 Å². The fourth-order valence-corrected chi connectivity index (χ4v) is 1.59. The Morgan fingerprint density at radius 2 is 1.76 bits per heavy atom. The first-order chi connectivity index (χ1) is 8.31. The van der Waals surface area contributed by atoms with E-state index in [1.165, 1.54) is 0 Å². The zero-order valence-electron chi connectivity index (χ0n) is 11.0. The lowest BCUT2D eigenvalue weighted by Crippen LogP contribution is -2.30. The summed E-state index contributed by atoms with van der Waals surface area (Å²) in [6.07, 6.45) is 6.85. The zero-order chi connectivity index (χ0) is 13.3. The summed E-state index contributed by atoms with van der Waals surface area (Å²) in [5.41, 5.74) is 0.465. The van der Waals surface area contributed by atoms with Gasteiger partial charge in [-0.3, -0.25) is 4.79 Å². The summed E-state index contributed by atoms with van der Waals surface area (Å²) in [5.74, 6) is 0. The van der Waals surface area contributed by atoms with Gasteiger partial charge in [0, 0.05) is 0 Å². The summed E-state index contributed by atoms with van der Waals surface area (Å²) in [6.45, 7) is 8.00. The molecule has 2 nitrogen and oxygen atoms in total. The minimum Gasteiger partial charge on any atom is -0.298 e. The molecule has 2 rings (SSSR count). The van der Waals surface area contributed by atoms with Gasteiger partial charge >= 0.3 is 0 Å². The van der Waals surface area contributed by atoms with Crippen LogP contribution in [0.5, 0.6) is 0 Å². The van der Waals surface area contributed by atoms with E-state index in [0.717, 1.165) is 29.7 Å². The van der Waals surface area contributed by atoms with Crippen LogP contribution >= 0.6 is 11.6 Å². The van der Waals surface area contributed by atoms with E-state index >= 15 is 0 Å². The van der Waals surface area contributed by atoms with Crippen molar-refractivity contribution in [2.45, 2.75) is 40.5 Å². The second-order valence-corrected chi connectivity index (χ2v) is 3.30. The molecule has 0 spiro atoms. The largest absolute Gasteiger partial charge is 0.298 e. The van der Waals surface area contributed by atoms with Gasteiger partial charge < -0.3 is 0 Å². The van der Waals surface area contributed by atoms with Crippen molar-refractivity contribution in [3.63, 3.8) is 0 Å². The highest BCUT2D eigenvalue weighted by atomic mass is 35.5. The van der Waals surface area contributed by atoms with Gasteiger partial charge in [-0.05, 0) is 24.1 Å². The third-order valence-electron chi connectivity index (χ3n) is 2.06. The number of carbonyl (C=O) groups is 1. The first kappa shape index (κ1) is 15.9. The molecule has 0 radical (unpaired) electrons. The predicted octanol–water partition coefficient (Wildman–Crippen LogP) is 2.95. The minimum atomic E-state index is 0.292. The molecule has 94 valence electrons. The smallest absolute Gasteiger partial charge is 0.153 e. The lowest BCUT2D eigenvalue weighted by molar-refractivity contribution is 0.112. The van der Waals surface area contributed by atoms with Crippen LogP contribution in [0.4, 0.5) is 0 Å². The molecule has 1 aliphatic carbocycles. The van der Waals surface area contributed by atoms with Gasteiger partial charge in [0.15, 0.2) is 6.29 Å². The zero-order valence-corrected chi connectivity index (χ0v) is 11.7. The molecule has 0 atom stereocenters. The van der Waals surface area contributed by atoms with Crippen LogP contribution in [0.3, 0.4) is 0 Å². The summed E-state index contributed by atoms with van der Waals surface area (Å²) in [6, 6.07) is 1.79. The average molecular weight is 254 g/mol. The Kier molecular flexibility index (Phi) is 8.34. The third-order valence-corrected chi connectivity index (χ3v) is 2.36. The van der Waals surface area contributed by atoms with E-state index in [4.69, 9.17) is 11.6 Å². The van der Waals surface area contributed by atoms with Crippen LogP contribution in [0.15, 0.2) is 6.07 Å². The third kappa shape index (κ3) is 4.31. The Bertz CT molecular complexity index is 466. The number of aromatic nitrogens is 1. The molecule has 0 unspecified atom stereocenters. The van der Waals surface area contributed by atoms with Crippen LogP contribution in [-0.4, -0.2) is 11.3 Å². The number of halogens is 1. The lowest BCUT2D eigenvalue weighted by atomic mass is 10.1. The highest BCUT2D eigenvalue weighted by Gasteiger charge is 2.02. The molecule has 1 heterocycles. The molecule has 0 saturated carbocycles. The van der Waals surface area contributed by atoms with Crippen LogP contribution in [0, 0.1) is 0 Å². The van der Waals surface area contributed by atoms with Crippen molar-refractivity contribution in [3.05, 3.63) is 27.4 Å². The van der Waals surface area contributed by atoms with Crippen LogP contribution in [0.2, 0.25) is 5.15 Å². The van der Waals surface area contributed by atoms with Gasteiger partial charge in [-0.2, -0.15) is 0 Å². The number of hydrogen-bond donors (Lipinski definition) is 0. The van der Waals surface area contributed by atoms with E-state index in [9.17, 15) is 4.79 Å². The van der Waals surface area contributed by atoms with Crippen molar-refractivity contribution >= 4 is 30.0 Å². The Morgan fingerprint density at radius 3 is 2.35 bits per heavy atom. The monoisotopic (exact) mass is 253 g/mol. The maximum atomic E-state index is 10.6. The van der Waals surface area contributed by atoms with Crippen molar-refractivity contribution in [2.75, 3.05) is 0 Å². The average Bonchev–Trinajstić information content (AvgIpc) is 2.42. The number of carbonyl (C=O) groups excluding carboxylic acids is 1. The summed E-state index contributed by atoms with van der Waals surface area (Å²) >= 11 is 5.79. The van der Waals surface area contributed by atoms with E-state index in [1.807, 2.05) is 33.8 Å². The van der Waals surface area contributed by atoms with E-state index in [2.05, 4.69) is 11.1 Å². The molecular weight excluding hydrogens is 234 g/mol. The van der Waals surface area contributed by atoms with Crippen LogP contribution < -0.4 is 10.6 Å². The second kappa shape index (κ2) is 8.94. The number of fused-ring (bicyclic) bond motifs is 1. The molecule has 1 aliphatic rings. The van der Waals surface area contributed by atoms with Crippen molar-refractivity contribution < 1.29 is 4.79 Å². The van der Waals surface area contributed by atoms with E-state index < -0.39 is 0 Å². The molecule has 0 aliphatic heterocycles. The molecule has 1 aromatic heterocycles. The highest BCUT2D eigenvalue weighted by Crippen LogP contribution is 2.05. The number of aldehydes is 1. The Labute approximate surface area is 108 Å². The summed E-state index contributed by atoms with van der Waals surface area (Å²) < 4.78 is 0. The predicted molar refractivity (Wildman–Crippen MR) is 74.7 cm³/mol. The van der Waals surface area contributed by atoms with Gasteiger partial charge in [-0.25, -0.2) is 4.98 Å². The van der Waals surface area contributed by atoms with E-state index in [0.29, 0.717) is 10.7 Å². The fraction of sp³-hybridized carbons (Fsp3) is 0.429. The summed E-state index contributed by atoms with van der Waals surface area (Å²) in [4.78, 5) is 14.7. The molecule has 0 fully saturated rings. The molecule has 0 N–H and O–H groups in total. The Balaban J connectivity index is 0.000000581. The van der Waals surface area contributed by atoms with Crippen molar-refractivity contribution in [2.24, 2.45) is 0 Å². The normalized spacial score (nSPS) is 11.4. The van der Waals surface area contributed by atoms with Crippen LogP contribution in [0.25, 0.3) is 12.2 Å². The van der Waals surface area contributed by atoms with Gasteiger partial charge in [-0.15, -0.1) is 0 Å². The molecule has 3 heteroatoms. The molecule has 0 saturated heterocycles. The van der Waals surface area contributed by atoms with Gasteiger partial charge in [0.2, 0.25) is 0 Å². The number of rotatable bonds is 1. The first-order valence-corrected chi connectivity index (χ1v) is 6.51. The molecular formula is C14H20ClNO. The van der Waals surface area contributed by atoms with Gasteiger partial charge in [-0.1, -0.05) is 51.4 Å². The second-order valence-electron chi connectivity index (χ2n) is 2.95. The standard InChI is InChI=1S/C10H8ClNO.2C2H6/c11-10-8(6-13)5-7-3-1-2-4-9(7)12-10;2*1-2/h3-6H,1-2H2;2*1-2H3. The number of pyridine rings is 1. The van der Waals surface area contributed by atoms with Gasteiger partial charge in [0.05, 0.1) is 10.9 Å². The van der Waals surface area contributed by atoms with Gasteiger partial charge in [0.25, 0.3) is 0 Å². The van der Waals surface area contributed by atoms with Gasteiger partial charge in [0.1, 0.15) is 5.15 Å². The summed E-state index contributed by atoms with van der Waals surface area (Å²) in [5, 5.41) is 2.19. The molecule has 0 bridgehead atoms.